The van der Waals surface area contributed by atoms with Crippen molar-refractivity contribution in [2.24, 2.45) is 5.11 Å². The summed E-state index contributed by atoms with van der Waals surface area (Å²) in [7, 11) is 0. The molecule has 0 aromatic heterocycles. The van der Waals surface area contributed by atoms with Gasteiger partial charge in [-0.1, -0.05) is 5.11 Å². The molecule has 6 heteroatoms. The van der Waals surface area contributed by atoms with Gasteiger partial charge in [0, 0.05) is 4.91 Å². The molecule has 1 rings (SSSR count). The summed E-state index contributed by atoms with van der Waals surface area (Å²) in [5.41, 5.74) is 6.91. The summed E-state index contributed by atoms with van der Waals surface area (Å²) in [4.78, 5) is 2.19. The van der Waals surface area contributed by atoms with Gasteiger partial charge in [-0.05, 0) is 24.1 Å². The molecule has 1 aromatic carbocycles. The molecule has 68 valence electrons. The van der Waals surface area contributed by atoms with Crippen molar-refractivity contribution in [2.45, 2.75) is 6.92 Å². The molecule has 1 aromatic rings. The lowest BCUT2D eigenvalue weighted by Crippen LogP contribution is -1.91. The van der Waals surface area contributed by atoms with Crippen molar-refractivity contribution in [1.82, 2.24) is 0 Å². The van der Waals surface area contributed by atoms with Crippen LogP contribution in [0.1, 0.15) is 5.56 Å². The van der Waals surface area contributed by atoms with Crippen LogP contribution in [0.25, 0.3) is 10.4 Å². The Kier molecular flexibility index (Phi) is 2.44. The highest BCUT2D eigenvalue weighted by Gasteiger charge is 2.14. The Morgan fingerprint density at radius 3 is 2.46 bits per heavy atom. The van der Waals surface area contributed by atoms with Crippen molar-refractivity contribution < 1.29 is 13.2 Å². The Balaban J connectivity index is 3.55. The first-order chi connectivity index (χ1) is 6.07. The summed E-state index contributed by atoms with van der Waals surface area (Å²) in [5.74, 6) is -3.75. The van der Waals surface area contributed by atoms with Gasteiger partial charge in [-0.25, -0.2) is 13.2 Å². The molecular weight excluding hydrogens is 183 g/mol. The predicted octanol–water partition coefficient (Wildman–Crippen LogP) is 3.35. The number of halogens is 3. The monoisotopic (exact) mass is 187 g/mol. The van der Waals surface area contributed by atoms with Crippen LogP contribution in [0.2, 0.25) is 0 Å². The maximum atomic E-state index is 13.0. The normalized spacial score (nSPS) is 9.54. The van der Waals surface area contributed by atoms with Crippen LogP contribution in [0.15, 0.2) is 11.2 Å². The molecule has 0 bridgehead atoms. The minimum absolute atomic E-state index is 0.110. The fourth-order valence-electron chi connectivity index (χ4n) is 0.846. The maximum absolute atomic E-state index is 13.0. The highest BCUT2D eigenvalue weighted by Crippen LogP contribution is 2.26. The SMILES string of the molecule is Cc1cc(F)c(F)c(N=[N+]=[N-])c1F. The molecule has 0 atom stereocenters. The predicted molar refractivity (Wildman–Crippen MR) is 39.9 cm³/mol. The molecule has 0 radical (unpaired) electrons. The van der Waals surface area contributed by atoms with Crippen molar-refractivity contribution >= 4 is 5.69 Å². The summed E-state index contributed by atoms with van der Waals surface area (Å²) in [5, 5.41) is 2.72. The second-order valence-corrected chi connectivity index (χ2v) is 2.34. The average molecular weight is 187 g/mol. The first-order valence-corrected chi connectivity index (χ1v) is 3.27. The number of azide groups is 1. The molecule has 0 amide bonds. The molecule has 0 fully saturated rings. The molecular formula is C7H4F3N3. The Labute approximate surface area is 71.4 Å². The summed E-state index contributed by atoms with van der Waals surface area (Å²) >= 11 is 0. The lowest BCUT2D eigenvalue weighted by atomic mass is 10.2. The first kappa shape index (κ1) is 9.41. The van der Waals surface area contributed by atoms with Crippen LogP contribution < -0.4 is 0 Å². The van der Waals surface area contributed by atoms with E-state index in [0.29, 0.717) is 6.07 Å². The number of aryl methyl sites for hydroxylation is 1. The summed E-state index contributed by atoms with van der Waals surface area (Å²) in [6.45, 7) is 1.24. The number of hydrogen-bond acceptors (Lipinski definition) is 1. The fraction of sp³-hybridized carbons (Fsp3) is 0.143. The van der Waals surface area contributed by atoms with Gasteiger partial charge in [-0.3, -0.25) is 0 Å². The Hall–Kier alpha value is -1.68. The molecule has 0 aliphatic rings. The topological polar surface area (TPSA) is 48.8 Å². The zero-order valence-corrected chi connectivity index (χ0v) is 6.55. The van der Waals surface area contributed by atoms with Gasteiger partial charge in [0.15, 0.2) is 11.6 Å². The second-order valence-electron chi connectivity index (χ2n) is 2.34. The summed E-state index contributed by atoms with van der Waals surface area (Å²) in [6.07, 6.45) is 0. The highest BCUT2D eigenvalue weighted by molar-refractivity contribution is 5.44. The fourth-order valence-corrected chi connectivity index (χ4v) is 0.846. The van der Waals surface area contributed by atoms with Crippen molar-refractivity contribution in [3.05, 3.63) is 39.5 Å². The van der Waals surface area contributed by atoms with Crippen LogP contribution in [0.3, 0.4) is 0 Å². The van der Waals surface area contributed by atoms with Crippen LogP contribution in [0.4, 0.5) is 18.9 Å². The molecule has 13 heavy (non-hydrogen) atoms. The van der Waals surface area contributed by atoms with Crippen LogP contribution in [0.5, 0.6) is 0 Å². The van der Waals surface area contributed by atoms with Gasteiger partial charge in [0.05, 0.1) is 0 Å². The summed E-state index contributed by atoms with van der Waals surface area (Å²) in [6, 6.07) is 0.695. The highest BCUT2D eigenvalue weighted by atomic mass is 19.2. The lowest BCUT2D eigenvalue weighted by molar-refractivity contribution is 0.495. The van der Waals surface area contributed by atoms with E-state index < -0.39 is 23.1 Å². The van der Waals surface area contributed by atoms with Crippen LogP contribution in [-0.4, -0.2) is 0 Å². The van der Waals surface area contributed by atoms with E-state index in [0.717, 1.165) is 0 Å². The number of rotatable bonds is 1. The van der Waals surface area contributed by atoms with Crippen molar-refractivity contribution in [2.75, 3.05) is 0 Å². The molecule has 0 heterocycles. The van der Waals surface area contributed by atoms with Crippen molar-refractivity contribution in [3.8, 4) is 0 Å². The molecule has 0 aliphatic carbocycles. The molecule has 0 saturated carbocycles. The number of nitrogens with zero attached hydrogens (tertiary/aromatic N) is 3. The van der Waals surface area contributed by atoms with E-state index in [4.69, 9.17) is 5.53 Å². The quantitative estimate of drug-likeness (QED) is 0.280. The third kappa shape index (κ3) is 1.57. The molecule has 3 nitrogen and oxygen atoms in total. The van der Waals surface area contributed by atoms with Gasteiger partial charge in [-0.2, -0.15) is 0 Å². The van der Waals surface area contributed by atoms with Gasteiger partial charge >= 0.3 is 0 Å². The van der Waals surface area contributed by atoms with Gasteiger partial charge in [-0.15, -0.1) is 0 Å². The van der Waals surface area contributed by atoms with Gasteiger partial charge in [0.25, 0.3) is 0 Å². The lowest BCUT2D eigenvalue weighted by Gasteiger charge is -2.01. The molecule has 0 saturated heterocycles. The van der Waals surface area contributed by atoms with Crippen LogP contribution in [-0.2, 0) is 0 Å². The minimum atomic E-state index is -1.47. The second kappa shape index (κ2) is 3.37. The standard InChI is InChI=1S/C7H4F3N3/c1-3-2-4(8)6(10)7(5(3)9)12-13-11/h2H,1H3. The van der Waals surface area contributed by atoms with E-state index >= 15 is 0 Å². The zero-order valence-electron chi connectivity index (χ0n) is 6.55. The maximum Gasteiger partial charge on any atom is 0.171 e. The molecule has 0 N–H and O–H groups in total. The zero-order chi connectivity index (χ0) is 10.0. The minimum Gasteiger partial charge on any atom is -0.206 e. The smallest absolute Gasteiger partial charge is 0.171 e. The van der Waals surface area contributed by atoms with Crippen LogP contribution >= 0.6 is 0 Å². The average Bonchev–Trinajstić information content (AvgIpc) is 2.09. The third-order valence-corrected chi connectivity index (χ3v) is 1.46. The molecule has 0 aliphatic heterocycles. The van der Waals surface area contributed by atoms with E-state index in [1.54, 1.807) is 0 Å². The first-order valence-electron chi connectivity index (χ1n) is 3.27. The van der Waals surface area contributed by atoms with E-state index in [9.17, 15) is 13.2 Å². The Morgan fingerprint density at radius 1 is 1.31 bits per heavy atom. The van der Waals surface area contributed by atoms with E-state index in [1.807, 2.05) is 0 Å². The Morgan fingerprint density at radius 2 is 1.92 bits per heavy atom. The van der Waals surface area contributed by atoms with E-state index in [1.165, 1.54) is 6.92 Å². The third-order valence-electron chi connectivity index (χ3n) is 1.46. The molecule has 0 unspecified atom stereocenters. The van der Waals surface area contributed by atoms with Crippen LogP contribution in [0, 0.1) is 24.4 Å². The van der Waals surface area contributed by atoms with Gasteiger partial charge in [0.2, 0.25) is 0 Å². The molecule has 0 spiro atoms. The number of hydrogen-bond donors (Lipinski definition) is 0. The Bertz CT molecular complexity index is 370. The largest absolute Gasteiger partial charge is 0.206 e. The van der Waals surface area contributed by atoms with Gasteiger partial charge < -0.3 is 0 Å². The summed E-state index contributed by atoms with van der Waals surface area (Å²) < 4.78 is 38.3. The van der Waals surface area contributed by atoms with E-state index in [2.05, 4.69) is 10.0 Å². The van der Waals surface area contributed by atoms with Crippen molar-refractivity contribution in [1.29, 1.82) is 0 Å². The van der Waals surface area contributed by atoms with E-state index in [-0.39, 0.29) is 5.56 Å². The van der Waals surface area contributed by atoms with Gasteiger partial charge in [0.1, 0.15) is 11.5 Å². The number of benzene rings is 1. The van der Waals surface area contributed by atoms with Crippen molar-refractivity contribution in [3.63, 3.8) is 0 Å².